The van der Waals surface area contributed by atoms with Gasteiger partial charge >= 0.3 is 0 Å². The Morgan fingerprint density at radius 3 is 2.38 bits per heavy atom. The molecule has 1 amide bonds. The molecule has 0 aliphatic carbocycles. The van der Waals surface area contributed by atoms with E-state index in [9.17, 15) is 13.6 Å². The summed E-state index contributed by atoms with van der Waals surface area (Å²) in [5, 5.41) is 4.21. The van der Waals surface area contributed by atoms with Crippen molar-refractivity contribution in [2.45, 2.75) is 32.7 Å². The average molecular weight is 535 g/mol. The van der Waals surface area contributed by atoms with Gasteiger partial charge in [0, 0.05) is 49.7 Å². The molecule has 0 saturated carbocycles. The number of pyridine rings is 1. The molecular weight excluding hydrogens is 502 g/mol. The molecule has 0 aliphatic rings. The van der Waals surface area contributed by atoms with Crippen molar-refractivity contribution in [3.8, 4) is 5.75 Å². The zero-order valence-corrected chi connectivity index (χ0v) is 22.9. The average Bonchev–Trinajstić information content (AvgIpc) is 2.92. The highest BCUT2D eigenvalue weighted by Crippen LogP contribution is 2.33. The van der Waals surface area contributed by atoms with Gasteiger partial charge in [-0.3, -0.25) is 9.78 Å². The Balaban J connectivity index is 1.66. The monoisotopic (exact) mass is 534 g/mol. The number of halogens is 2. The van der Waals surface area contributed by atoms with Crippen molar-refractivity contribution in [1.82, 2.24) is 19.9 Å². The van der Waals surface area contributed by atoms with Gasteiger partial charge in [0.05, 0.1) is 25.1 Å². The summed E-state index contributed by atoms with van der Waals surface area (Å²) in [5.41, 5.74) is 3.85. The molecule has 0 fully saturated rings. The fourth-order valence-electron chi connectivity index (χ4n) is 4.22. The Morgan fingerprint density at radius 1 is 1.03 bits per heavy atom. The first-order valence-corrected chi connectivity index (χ1v) is 12.5. The molecule has 1 atom stereocenters. The van der Waals surface area contributed by atoms with E-state index in [1.54, 1.807) is 32.2 Å². The highest BCUT2D eigenvalue weighted by molar-refractivity contribution is 5.92. The van der Waals surface area contributed by atoms with Crippen LogP contribution in [0.1, 0.15) is 42.0 Å². The zero-order chi connectivity index (χ0) is 28.3. The molecule has 0 radical (unpaired) electrons. The number of aromatic nitrogens is 3. The highest BCUT2D eigenvalue weighted by atomic mass is 19.3. The van der Waals surface area contributed by atoms with Gasteiger partial charge in [-0.25, -0.2) is 18.7 Å². The zero-order valence-electron chi connectivity index (χ0n) is 22.9. The van der Waals surface area contributed by atoms with E-state index in [1.807, 2.05) is 62.2 Å². The molecule has 4 aromatic rings. The summed E-state index contributed by atoms with van der Waals surface area (Å²) in [6.07, 6.45) is -0.931. The molecule has 39 heavy (non-hydrogen) atoms. The number of hydrogen-bond donors (Lipinski definition) is 1. The van der Waals surface area contributed by atoms with Gasteiger partial charge in [0.1, 0.15) is 23.1 Å². The lowest BCUT2D eigenvalue weighted by molar-refractivity contribution is -0.127. The Labute approximate surface area is 226 Å². The minimum Gasteiger partial charge on any atom is -0.496 e. The van der Waals surface area contributed by atoms with Crippen LogP contribution in [0, 0.1) is 6.92 Å². The smallest absolute Gasteiger partial charge is 0.280 e. The number of nitrogens with zero attached hydrogens (tertiary/aromatic N) is 5. The highest BCUT2D eigenvalue weighted by Gasteiger charge is 2.17. The fraction of sp³-hybridized carbons (Fsp3) is 0.310. The van der Waals surface area contributed by atoms with Gasteiger partial charge in [0.2, 0.25) is 5.91 Å². The topological polar surface area (TPSA) is 83.5 Å². The number of ether oxygens (including phenoxy) is 1. The van der Waals surface area contributed by atoms with Crippen LogP contribution in [0.5, 0.6) is 5.75 Å². The number of hydrogen-bond acceptors (Lipinski definition) is 7. The first-order valence-electron chi connectivity index (χ1n) is 12.5. The maximum absolute atomic E-state index is 12.9. The number of amides is 1. The Bertz CT molecular complexity index is 1480. The summed E-state index contributed by atoms with van der Waals surface area (Å²) in [6, 6.07) is 14.4. The van der Waals surface area contributed by atoms with Crippen molar-refractivity contribution < 1.29 is 18.3 Å². The first kappa shape index (κ1) is 27.7. The fourth-order valence-corrected chi connectivity index (χ4v) is 4.22. The minimum atomic E-state index is -2.61. The van der Waals surface area contributed by atoms with Gasteiger partial charge in [-0.1, -0.05) is 6.07 Å². The number of anilines is 3. The van der Waals surface area contributed by atoms with E-state index in [0.29, 0.717) is 17.4 Å². The van der Waals surface area contributed by atoms with Crippen LogP contribution >= 0.6 is 0 Å². The van der Waals surface area contributed by atoms with Gasteiger partial charge in [-0.2, -0.15) is 0 Å². The number of carbonyl (C=O) groups is 1. The van der Waals surface area contributed by atoms with E-state index in [-0.39, 0.29) is 24.1 Å². The van der Waals surface area contributed by atoms with E-state index in [2.05, 4.69) is 20.3 Å². The Morgan fingerprint density at radius 2 is 1.74 bits per heavy atom. The minimum absolute atomic E-state index is 0.0183. The summed E-state index contributed by atoms with van der Waals surface area (Å²) in [7, 11) is 6.99. The quantitative estimate of drug-likeness (QED) is 0.288. The third kappa shape index (κ3) is 6.22. The van der Waals surface area contributed by atoms with E-state index in [4.69, 9.17) is 4.74 Å². The van der Waals surface area contributed by atoms with Gasteiger partial charge < -0.3 is 19.9 Å². The lowest BCUT2D eigenvalue weighted by Gasteiger charge is -2.23. The number of carbonyl (C=O) groups excluding carboxylic acids is 1. The number of fused-ring (bicyclic) bond motifs is 1. The molecule has 0 bridgehead atoms. The second-order valence-electron chi connectivity index (χ2n) is 9.52. The lowest BCUT2D eigenvalue weighted by atomic mass is 10.1. The molecule has 1 N–H and O–H groups in total. The molecule has 0 saturated heterocycles. The number of methoxy groups -OCH3 is 1. The second-order valence-corrected chi connectivity index (χ2v) is 9.52. The van der Waals surface area contributed by atoms with Crippen LogP contribution in [0.15, 0.2) is 54.7 Å². The van der Waals surface area contributed by atoms with E-state index < -0.39 is 6.43 Å². The summed E-state index contributed by atoms with van der Waals surface area (Å²) < 4.78 is 31.3. The number of alkyl halides is 2. The van der Waals surface area contributed by atoms with Gasteiger partial charge in [-0.15, -0.1) is 0 Å². The van der Waals surface area contributed by atoms with Gasteiger partial charge in [-0.05, 0) is 61.9 Å². The molecule has 0 spiro atoms. The van der Waals surface area contributed by atoms with Crippen LogP contribution in [0.2, 0.25) is 0 Å². The molecule has 0 unspecified atom stereocenters. The largest absolute Gasteiger partial charge is 0.496 e. The van der Waals surface area contributed by atoms with Crippen molar-refractivity contribution in [3.63, 3.8) is 0 Å². The van der Waals surface area contributed by atoms with Crippen molar-refractivity contribution in [3.05, 3.63) is 77.4 Å². The standard InChI is InChI=1S/C29H32F2N6O2/c1-17(19-7-10-25(28(30)31)32-16-19)33-29-23-15-22(8-11-24(23)34-18(2)35-29)37(5)21-9-12-26(39-6)20(13-21)14-27(38)36(3)4/h7-13,15-17,28H,14H2,1-6H3,(H,33,34,35)/t17-/m1/s1. The molecule has 2 aromatic heterocycles. The molecule has 8 nitrogen and oxygen atoms in total. The van der Waals surface area contributed by atoms with Crippen LogP contribution < -0.4 is 15.0 Å². The molecule has 0 aliphatic heterocycles. The molecule has 2 heterocycles. The maximum atomic E-state index is 12.9. The maximum Gasteiger partial charge on any atom is 0.280 e. The number of aryl methyl sites for hydroxylation is 1. The van der Waals surface area contributed by atoms with E-state index in [0.717, 1.165) is 33.4 Å². The summed E-state index contributed by atoms with van der Waals surface area (Å²) in [4.78, 5) is 29.0. The Hall–Kier alpha value is -4.34. The summed E-state index contributed by atoms with van der Waals surface area (Å²) in [6.45, 7) is 3.74. The van der Waals surface area contributed by atoms with Gasteiger partial charge in [0.15, 0.2) is 0 Å². The third-order valence-electron chi connectivity index (χ3n) is 6.56. The SMILES string of the molecule is COc1ccc(N(C)c2ccc3nc(C)nc(N[C@H](C)c4ccc(C(F)F)nc4)c3c2)cc1CC(=O)N(C)C. The molecule has 2 aromatic carbocycles. The van der Waals surface area contributed by atoms with Gasteiger partial charge in [0.25, 0.3) is 6.43 Å². The summed E-state index contributed by atoms with van der Waals surface area (Å²) in [5.74, 6) is 1.87. The van der Waals surface area contributed by atoms with Crippen LogP contribution in [0.25, 0.3) is 10.9 Å². The summed E-state index contributed by atoms with van der Waals surface area (Å²) >= 11 is 0. The Kier molecular flexibility index (Phi) is 8.23. The van der Waals surface area contributed by atoms with Crippen LogP contribution in [0.3, 0.4) is 0 Å². The van der Waals surface area contributed by atoms with E-state index >= 15 is 0 Å². The number of likely N-dealkylation sites (N-methyl/N-ethyl adjacent to an activating group) is 1. The van der Waals surface area contributed by atoms with Crippen LogP contribution in [0.4, 0.5) is 26.0 Å². The predicted molar refractivity (Wildman–Crippen MR) is 149 cm³/mol. The lowest BCUT2D eigenvalue weighted by Crippen LogP contribution is -2.23. The first-order chi connectivity index (χ1) is 18.6. The molecular formula is C29H32F2N6O2. The third-order valence-corrected chi connectivity index (χ3v) is 6.56. The van der Waals surface area contributed by atoms with Crippen LogP contribution in [-0.2, 0) is 11.2 Å². The van der Waals surface area contributed by atoms with E-state index in [1.165, 1.54) is 12.3 Å². The van der Waals surface area contributed by atoms with Crippen molar-refractivity contribution in [1.29, 1.82) is 0 Å². The van der Waals surface area contributed by atoms with Crippen LogP contribution in [-0.4, -0.2) is 54.0 Å². The molecule has 4 rings (SSSR count). The number of benzene rings is 2. The molecule has 10 heteroatoms. The molecule has 204 valence electrons. The normalized spacial score (nSPS) is 11.9. The second kappa shape index (κ2) is 11.6. The van der Waals surface area contributed by atoms with Crippen molar-refractivity contribution >= 4 is 34.0 Å². The predicted octanol–water partition coefficient (Wildman–Crippen LogP) is 5.85. The number of nitrogens with one attached hydrogen (secondary N) is 1. The van der Waals surface area contributed by atoms with Crippen molar-refractivity contribution in [2.24, 2.45) is 0 Å². The number of rotatable bonds is 9. The van der Waals surface area contributed by atoms with Crippen molar-refractivity contribution in [2.75, 3.05) is 38.5 Å².